The number of morpholine rings is 1. The first kappa shape index (κ1) is 19.0. The number of aliphatic hydroxyl groups is 1. The molecule has 9 heteroatoms. The Morgan fingerprint density at radius 3 is 2.80 bits per heavy atom. The third-order valence-corrected chi connectivity index (χ3v) is 5.88. The molecule has 1 aliphatic heterocycles. The number of fused-ring (bicyclic) bond motifs is 1. The molecule has 0 atom stereocenters. The highest BCUT2D eigenvalue weighted by atomic mass is 32.1. The molecule has 0 radical (unpaired) electrons. The van der Waals surface area contributed by atoms with E-state index >= 15 is 0 Å². The van der Waals surface area contributed by atoms with Crippen LogP contribution in [-0.4, -0.2) is 51.3 Å². The Hall–Kier alpha value is -3.01. The van der Waals surface area contributed by atoms with E-state index in [0.29, 0.717) is 46.1 Å². The van der Waals surface area contributed by atoms with Gasteiger partial charge in [0.2, 0.25) is 0 Å². The second-order valence-electron chi connectivity index (χ2n) is 6.86. The van der Waals surface area contributed by atoms with E-state index in [9.17, 15) is 9.50 Å². The van der Waals surface area contributed by atoms with Gasteiger partial charge < -0.3 is 14.7 Å². The molecule has 30 heavy (non-hydrogen) atoms. The molecule has 0 bridgehead atoms. The smallest absolute Gasteiger partial charge is 0.132 e. The minimum absolute atomic E-state index is 0.119. The van der Waals surface area contributed by atoms with Crippen LogP contribution in [-0.2, 0) is 11.3 Å². The standard InChI is InChI=1S/C21H18FN5O2S/c22-16-2-1-13(18-11-30-20(10-28)26-18)7-14(16)21-15-9-23-19(8-17(15)24-12-25-21)27-3-5-29-6-4-27/h1-2,7-9,11-12,28H,3-6,10H2. The molecule has 3 aromatic heterocycles. The molecule has 1 aliphatic rings. The number of halogens is 1. The molecule has 0 spiro atoms. The lowest BCUT2D eigenvalue weighted by Crippen LogP contribution is -2.36. The molecule has 4 aromatic rings. The Labute approximate surface area is 175 Å². The fourth-order valence-corrected chi connectivity index (χ4v) is 4.17. The summed E-state index contributed by atoms with van der Waals surface area (Å²) in [5.74, 6) is 0.442. The molecule has 0 aliphatic carbocycles. The van der Waals surface area contributed by atoms with E-state index in [4.69, 9.17) is 4.74 Å². The topological polar surface area (TPSA) is 84.3 Å². The number of hydrogen-bond acceptors (Lipinski definition) is 8. The molecule has 5 rings (SSSR count). The van der Waals surface area contributed by atoms with Gasteiger partial charge in [-0.25, -0.2) is 24.3 Å². The highest BCUT2D eigenvalue weighted by Gasteiger charge is 2.17. The van der Waals surface area contributed by atoms with Crippen molar-refractivity contribution in [3.8, 4) is 22.5 Å². The highest BCUT2D eigenvalue weighted by Crippen LogP contribution is 2.32. The lowest BCUT2D eigenvalue weighted by atomic mass is 10.0. The SMILES string of the molecule is OCc1nc(-c2ccc(F)c(-c3ncnc4cc(N5CCOCC5)ncc34)c2)cs1. The van der Waals surface area contributed by atoms with Crippen LogP contribution in [0.25, 0.3) is 33.4 Å². The van der Waals surface area contributed by atoms with Crippen molar-refractivity contribution in [2.75, 3.05) is 31.2 Å². The molecular formula is C21H18FN5O2S. The van der Waals surface area contributed by atoms with Gasteiger partial charge in [-0.2, -0.15) is 0 Å². The summed E-state index contributed by atoms with van der Waals surface area (Å²) >= 11 is 1.36. The summed E-state index contributed by atoms with van der Waals surface area (Å²) in [7, 11) is 0. The first-order chi connectivity index (χ1) is 14.7. The van der Waals surface area contributed by atoms with E-state index in [0.717, 1.165) is 24.5 Å². The Bertz CT molecular complexity index is 1210. The minimum Gasteiger partial charge on any atom is -0.389 e. The van der Waals surface area contributed by atoms with Gasteiger partial charge in [-0.3, -0.25) is 0 Å². The van der Waals surface area contributed by atoms with E-state index in [-0.39, 0.29) is 12.4 Å². The van der Waals surface area contributed by atoms with Gasteiger partial charge in [0.25, 0.3) is 0 Å². The van der Waals surface area contributed by atoms with Gasteiger partial charge in [-0.1, -0.05) is 0 Å². The zero-order valence-electron chi connectivity index (χ0n) is 16.0. The molecule has 4 heterocycles. The van der Waals surface area contributed by atoms with Gasteiger partial charge in [0, 0.05) is 47.2 Å². The van der Waals surface area contributed by atoms with Gasteiger partial charge >= 0.3 is 0 Å². The lowest BCUT2D eigenvalue weighted by molar-refractivity contribution is 0.122. The number of benzene rings is 1. The maximum Gasteiger partial charge on any atom is 0.132 e. The van der Waals surface area contributed by atoms with Crippen molar-refractivity contribution in [1.82, 2.24) is 19.9 Å². The van der Waals surface area contributed by atoms with Crippen LogP contribution < -0.4 is 4.90 Å². The third-order valence-electron chi connectivity index (χ3n) is 5.05. The number of hydrogen-bond donors (Lipinski definition) is 1. The van der Waals surface area contributed by atoms with Crippen molar-refractivity contribution in [2.45, 2.75) is 6.61 Å². The van der Waals surface area contributed by atoms with Crippen molar-refractivity contribution >= 4 is 28.1 Å². The van der Waals surface area contributed by atoms with E-state index in [1.807, 2.05) is 11.4 Å². The van der Waals surface area contributed by atoms with Gasteiger partial charge in [0.15, 0.2) is 0 Å². The summed E-state index contributed by atoms with van der Waals surface area (Å²) in [6.07, 6.45) is 3.15. The van der Waals surface area contributed by atoms with E-state index in [1.165, 1.54) is 23.7 Å². The van der Waals surface area contributed by atoms with Crippen LogP contribution in [0.5, 0.6) is 0 Å². The number of nitrogens with zero attached hydrogens (tertiary/aromatic N) is 5. The van der Waals surface area contributed by atoms with E-state index < -0.39 is 0 Å². The van der Waals surface area contributed by atoms with Crippen molar-refractivity contribution < 1.29 is 14.2 Å². The average Bonchev–Trinajstić information content (AvgIpc) is 3.29. The Morgan fingerprint density at radius 2 is 2.00 bits per heavy atom. The van der Waals surface area contributed by atoms with Crippen molar-refractivity contribution in [1.29, 1.82) is 0 Å². The van der Waals surface area contributed by atoms with Crippen LogP contribution in [0.15, 0.2) is 42.2 Å². The normalized spacial score (nSPS) is 14.4. The van der Waals surface area contributed by atoms with Crippen molar-refractivity contribution in [3.63, 3.8) is 0 Å². The molecule has 0 unspecified atom stereocenters. The molecular weight excluding hydrogens is 405 g/mol. The van der Waals surface area contributed by atoms with Gasteiger partial charge in [0.1, 0.15) is 23.0 Å². The average molecular weight is 423 g/mol. The maximum atomic E-state index is 14.8. The predicted molar refractivity (Wildman–Crippen MR) is 113 cm³/mol. The van der Waals surface area contributed by atoms with Crippen LogP contribution in [0.3, 0.4) is 0 Å². The van der Waals surface area contributed by atoms with E-state index in [1.54, 1.807) is 18.3 Å². The molecule has 7 nitrogen and oxygen atoms in total. The first-order valence-corrected chi connectivity index (χ1v) is 10.4. The summed E-state index contributed by atoms with van der Waals surface area (Å²) in [6, 6.07) is 6.71. The summed E-state index contributed by atoms with van der Waals surface area (Å²) in [6.45, 7) is 2.77. The molecule has 0 amide bonds. The molecule has 1 N–H and O–H groups in total. The largest absolute Gasteiger partial charge is 0.389 e. The predicted octanol–water partition coefficient (Wildman–Crippen LogP) is 3.28. The molecule has 1 aromatic carbocycles. The number of pyridine rings is 1. The Balaban J connectivity index is 1.57. The van der Waals surface area contributed by atoms with Gasteiger partial charge in [0.05, 0.1) is 36.7 Å². The Morgan fingerprint density at radius 1 is 1.13 bits per heavy atom. The quantitative estimate of drug-likeness (QED) is 0.539. The summed E-state index contributed by atoms with van der Waals surface area (Å²) in [5.41, 5.74) is 3.00. The van der Waals surface area contributed by atoms with Gasteiger partial charge in [-0.15, -0.1) is 11.3 Å². The van der Waals surface area contributed by atoms with Crippen molar-refractivity contribution in [3.05, 3.63) is 53.0 Å². The number of aromatic nitrogens is 4. The fourth-order valence-electron chi connectivity index (χ4n) is 3.50. The number of anilines is 1. The second kappa shape index (κ2) is 8.02. The summed E-state index contributed by atoms with van der Waals surface area (Å²) in [5, 5.41) is 12.4. The van der Waals surface area contributed by atoms with Crippen LogP contribution in [0, 0.1) is 5.82 Å². The van der Waals surface area contributed by atoms with Crippen LogP contribution in [0.2, 0.25) is 0 Å². The Kier molecular flexibility index (Phi) is 5.07. The zero-order valence-corrected chi connectivity index (χ0v) is 16.8. The van der Waals surface area contributed by atoms with Crippen molar-refractivity contribution in [2.24, 2.45) is 0 Å². The highest BCUT2D eigenvalue weighted by molar-refractivity contribution is 7.09. The monoisotopic (exact) mass is 423 g/mol. The van der Waals surface area contributed by atoms with Gasteiger partial charge in [-0.05, 0) is 18.2 Å². The molecule has 152 valence electrons. The third kappa shape index (κ3) is 3.51. The molecule has 1 saturated heterocycles. The summed E-state index contributed by atoms with van der Waals surface area (Å²) in [4.78, 5) is 19.8. The molecule has 1 fully saturated rings. The first-order valence-electron chi connectivity index (χ1n) is 9.52. The number of ether oxygens (including phenoxy) is 1. The zero-order chi connectivity index (χ0) is 20.5. The lowest BCUT2D eigenvalue weighted by Gasteiger charge is -2.27. The number of rotatable bonds is 4. The second-order valence-corrected chi connectivity index (χ2v) is 7.80. The maximum absolute atomic E-state index is 14.8. The fraction of sp³-hybridized carbons (Fsp3) is 0.238. The minimum atomic E-state index is -0.381. The van der Waals surface area contributed by atoms with Crippen LogP contribution in [0.1, 0.15) is 5.01 Å². The number of thiazole rings is 1. The van der Waals surface area contributed by atoms with Crippen LogP contribution >= 0.6 is 11.3 Å². The van der Waals surface area contributed by atoms with E-state index in [2.05, 4.69) is 24.8 Å². The summed E-state index contributed by atoms with van der Waals surface area (Å²) < 4.78 is 20.2. The number of aliphatic hydroxyl groups excluding tert-OH is 1. The van der Waals surface area contributed by atoms with Crippen LogP contribution in [0.4, 0.5) is 10.2 Å². The molecule has 0 saturated carbocycles.